The Bertz CT molecular complexity index is 1220. The van der Waals surface area contributed by atoms with Gasteiger partial charge in [-0.15, -0.1) is 22.7 Å². The molecule has 2 nitrogen and oxygen atoms in total. The number of fused-ring (bicyclic) bond motifs is 2. The molecule has 0 saturated heterocycles. The van der Waals surface area contributed by atoms with Crippen molar-refractivity contribution in [2.45, 2.75) is 6.92 Å². The van der Waals surface area contributed by atoms with Gasteiger partial charge in [0.05, 0.1) is 20.4 Å². The van der Waals surface area contributed by atoms with E-state index in [4.69, 9.17) is 9.97 Å². The maximum Gasteiger partial charge on any atom is 0.127 e. The normalized spacial score (nSPS) is 11.8. The lowest BCUT2D eigenvalue weighted by atomic mass is 10.1. The van der Waals surface area contributed by atoms with Gasteiger partial charge < -0.3 is 0 Å². The van der Waals surface area contributed by atoms with E-state index < -0.39 is 0 Å². The summed E-state index contributed by atoms with van der Waals surface area (Å²) < 4.78 is 2.39. The summed E-state index contributed by atoms with van der Waals surface area (Å²) in [5, 5.41) is 2.01. The highest BCUT2D eigenvalue weighted by molar-refractivity contribution is 7.21. The van der Waals surface area contributed by atoms with Crippen LogP contribution in [0.15, 0.2) is 90.5 Å². The highest BCUT2D eigenvalue weighted by atomic mass is 32.1. The molecule has 0 spiro atoms. The average Bonchev–Trinajstić information content (AvgIpc) is 3.36. The van der Waals surface area contributed by atoms with E-state index in [0.717, 1.165) is 26.6 Å². The molecule has 29 heavy (non-hydrogen) atoms. The molecule has 0 bridgehead atoms. The van der Waals surface area contributed by atoms with Gasteiger partial charge >= 0.3 is 0 Å². The molecule has 0 unspecified atom stereocenters. The molecule has 0 aliphatic heterocycles. The van der Waals surface area contributed by atoms with Crippen LogP contribution >= 0.6 is 22.7 Å². The first kappa shape index (κ1) is 18.0. The first-order valence-corrected chi connectivity index (χ1v) is 11.1. The van der Waals surface area contributed by atoms with Crippen molar-refractivity contribution in [3.8, 4) is 0 Å². The molecule has 5 aromatic rings. The van der Waals surface area contributed by atoms with E-state index >= 15 is 0 Å². The van der Waals surface area contributed by atoms with Gasteiger partial charge in [-0.25, -0.2) is 9.97 Å². The molecule has 0 saturated carbocycles. The second-order valence-electron chi connectivity index (χ2n) is 6.83. The number of rotatable bonds is 4. The van der Waals surface area contributed by atoms with Gasteiger partial charge in [-0.05, 0) is 48.4 Å². The third kappa shape index (κ3) is 3.77. The van der Waals surface area contributed by atoms with E-state index in [1.165, 1.54) is 20.5 Å². The van der Waals surface area contributed by atoms with Crippen molar-refractivity contribution in [1.29, 1.82) is 0 Å². The number of para-hydroxylation sites is 2. The fourth-order valence-corrected chi connectivity index (χ4v) is 5.30. The van der Waals surface area contributed by atoms with Gasteiger partial charge in [0.1, 0.15) is 10.0 Å². The third-order valence-corrected chi connectivity index (χ3v) is 6.75. The Hall–Kier alpha value is -3.08. The van der Waals surface area contributed by atoms with E-state index in [1.807, 2.05) is 18.2 Å². The van der Waals surface area contributed by atoms with Gasteiger partial charge in [0.15, 0.2) is 0 Å². The van der Waals surface area contributed by atoms with Crippen LogP contribution in [0.2, 0.25) is 0 Å². The molecule has 0 fully saturated rings. The molecule has 2 heterocycles. The zero-order valence-electron chi connectivity index (χ0n) is 15.9. The molecule has 4 heteroatoms. The largest absolute Gasteiger partial charge is 0.236 e. The number of thiazole rings is 2. The fraction of sp³-hybridized carbons (Fsp3) is 0.0400. The summed E-state index contributed by atoms with van der Waals surface area (Å²) in [6, 6.07) is 27.0. The minimum atomic E-state index is 1.01. The highest BCUT2D eigenvalue weighted by Crippen LogP contribution is 2.35. The monoisotopic (exact) mass is 410 g/mol. The SMILES string of the molecule is CC(=Cc1ccccc1)C=C(c1nc2ccccc2s1)c1nc2ccccc2s1. The number of aromatic nitrogens is 2. The second-order valence-corrected chi connectivity index (χ2v) is 8.89. The van der Waals surface area contributed by atoms with Crippen molar-refractivity contribution >= 4 is 54.8 Å². The summed E-state index contributed by atoms with van der Waals surface area (Å²) in [6.07, 6.45) is 4.41. The summed E-state index contributed by atoms with van der Waals surface area (Å²) in [7, 11) is 0. The van der Waals surface area contributed by atoms with Gasteiger partial charge in [-0.3, -0.25) is 0 Å². The Morgan fingerprint density at radius 3 is 1.76 bits per heavy atom. The second kappa shape index (κ2) is 7.74. The Morgan fingerprint density at radius 2 is 1.21 bits per heavy atom. The molecule has 2 aromatic heterocycles. The molecule has 140 valence electrons. The van der Waals surface area contributed by atoms with Crippen molar-refractivity contribution in [1.82, 2.24) is 9.97 Å². The molecule has 0 N–H and O–H groups in total. The quantitative estimate of drug-likeness (QED) is 0.288. The molecule has 0 aliphatic rings. The van der Waals surface area contributed by atoms with Crippen molar-refractivity contribution in [2.24, 2.45) is 0 Å². The van der Waals surface area contributed by atoms with Crippen LogP contribution in [0.25, 0.3) is 32.1 Å². The molecule has 3 aromatic carbocycles. The maximum atomic E-state index is 4.91. The van der Waals surface area contributed by atoms with Gasteiger partial charge in [-0.2, -0.15) is 0 Å². The summed E-state index contributed by atoms with van der Waals surface area (Å²) in [6.45, 7) is 2.13. The van der Waals surface area contributed by atoms with Gasteiger partial charge in [0.2, 0.25) is 0 Å². The van der Waals surface area contributed by atoms with Gasteiger partial charge in [0, 0.05) is 5.57 Å². The van der Waals surface area contributed by atoms with E-state index in [-0.39, 0.29) is 0 Å². The zero-order chi connectivity index (χ0) is 19.6. The minimum Gasteiger partial charge on any atom is -0.236 e. The van der Waals surface area contributed by atoms with Gasteiger partial charge in [0.25, 0.3) is 0 Å². The van der Waals surface area contributed by atoms with Crippen molar-refractivity contribution < 1.29 is 0 Å². The Kier molecular flexibility index (Phi) is 4.80. The Labute approximate surface area is 177 Å². The lowest BCUT2D eigenvalue weighted by Crippen LogP contribution is -1.87. The summed E-state index contributed by atoms with van der Waals surface area (Å²) in [5.74, 6) is 0. The maximum absolute atomic E-state index is 4.91. The average molecular weight is 411 g/mol. The molecule has 0 amide bonds. The number of allylic oxidation sites excluding steroid dienone is 2. The molecule has 0 radical (unpaired) electrons. The summed E-state index contributed by atoms with van der Waals surface area (Å²) in [4.78, 5) is 9.82. The number of benzene rings is 3. The fourth-order valence-electron chi connectivity index (χ4n) is 3.27. The number of hydrogen-bond donors (Lipinski definition) is 0. The molecular weight excluding hydrogens is 392 g/mol. The van der Waals surface area contributed by atoms with Crippen LogP contribution in [-0.2, 0) is 0 Å². The predicted octanol–water partition coefficient (Wildman–Crippen LogP) is 7.44. The molecule has 0 atom stereocenters. The Balaban J connectivity index is 1.67. The first-order valence-electron chi connectivity index (χ1n) is 9.43. The minimum absolute atomic E-state index is 1.01. The van der Waals surface area contributed by atoms with E-state index in [2.05, 4.69) is 79.7 Å². The van der Waals surface area contributed by atoms with Crippen molar-refractivity contribution in [3.05, 3.63) is 106 Å². The number of nitrogens with zero attached hydrogens (tertiary/aromatic N) is 2. The molecule has 5 rings (SSSR count). The smallest absolute Gasteiger partial charge is 0.127 e. The van der Waals surface area contributed by atoms with Crippen LogP contribution in [0, 0.1) is 0 Å². The molecular formula is C25H18N2S2. The lowest BCUT2D eigenvalue weighted by molar-refractivity contribution is 1.37. The van der Waals surface area contributed by atoms with E-state index in [9.17, 15) is 0 Å². The Morgan fingerprint density at radius 1 is 0.690 bits per heavy atom. The summed E-state index contributed by atoms with van der Waals surface area (Å²) in [5.41, 5.74) is 5.50. The van der Waals surface area contributed by atoms with Crippen LogP contribution in [0.4, 0.5) is 0 Å². The van der Waals surface area contributed by atoms with Crippen LogP contribution in [-0.4, -0.2) is 9.97 Å². The predicted molar refractivity (Wildman–Crippen MR) is 126 cm³/mol. The van der Waals surface area contributed by atoms with Crippen LogP contribution in [0.1, 0.15) is 22.5 Å². The van der Waals surface area contributed by atoms with E-state index in [1.54, 1.807) is 22.7 Å². The molecule has 0 aliphatic carbocycles. The van der Waals surface area contributed by atoms with Crippen LogP contribution in [0.3, 0.4) is 0 Å². The standard InChI is InChI=1S/C25H18N2S2/c1-17(15-18-9-3-2-4-10-18)16-19(24-26-20-11-5-7-13-22(20)28-24)25-27-21-12-6-8-14-23(21)29-25/h2-16H,1H3. The van der Waals surface area contributed by atoms with Crippen LogP contribution < -0.4 is 0 Å². The zero-order valence-corrected chi connectivity index (χ0v) is 17.5. The van der Waals surface area contributed by atoms with Gasteiger partial charge in [-0.1, -0.05) is 60.7 Å². The third-order valence-electron chi connectivity index (χ3n) is 4.61. The highest BCUT2D eigenvalue weighted by Gasteiger charge is 2.15. The van der Waals surface area contributed by atoms with Crippen molar-refractivity contribution in [3.63, 3.8) is 0 Å². The van der Waals surface area contributed by atoms with Crippen LogP contribution in [0.5, 0.6) is 0 Å². The topological polar surface area (TPSA) is 25.8 Å². The first-order chi connectivity index (χ1) is 14.3. The van der Waals surface area contributed by atoms with Crippen molar-refractivity contribution in [2.75, 3.05) is 0 Å². The number of hydrogen-bond acceptors (Lipinski definition) is 4. The lowest BCUT2D eigenvalue weighted by Gasteiger charge is -2.02. The summed E-state index contributed by atoms with van der Waals surface area (Å²) >= 11 is 3.44. The van der Waals surface area contributed by atoms with E-state index in [0.29, 0.717) is 0 Å².